The molecular weight excluding hydrogens is 598 g/mol. The van der Waals surface area contributed by atoms with Gasteiger partial charge < -0.3 is 5.32 Å². The number of amides is 1. The van der Waals surface area contributed by atoms with Crippen LogP contribution in [0.4, 0.5) is 4.39 Å². The molecule has 2 nitrogen and oxygen atoms in total. The van der Waals surface area contributed by atoms with Gasteiger partial charge in [0.15, 0.2) is 0 Å². The van der Waals surface area contributed by atoms with E-state index in [9.17, 15) is 9.18 Å². The summed E-state index contributed by atoms with van der Waals surface area (Å²) in [5.41, 5.74) is 1.54. The zero-order valence-electron chi connectivity index (χ0n) is 10.1. The maximum atomic E-state index is 12.8. The normalized spacial score (nSPS) is 10.4. The Balaban J connectivity index is 2.11. The molecule has 0 aromatic heterocycles. The van der Waals surface area contributed by atoms with Crippen LogP contribution in [0.2, 0.25) is 0 Å². The van der Waals surface area contributed by atoms with Gasteiger partial charge in [0.25, 0.3) is 5.91 Å². The maximum Gasteiger partial charge on any atom is 0.252 e. The second kappa shape index (κ2) is 7.34. The van der Waals surface area contributed by atoms with Crippen LogP contribution in [-0.4, -0.2) is 5.91 Å². The molecule has 0 radical (unpaired) electrons. The van der Waals surface area contributed by atoms with Gasteiger partial charge in [-0.15, -0.1) is 0 Å². The van der Waals surface area contributed by atoms with Gasteiger partial charge in [0, 0.05) is 17.3 Å². The molecule has 0 saturated heterocycles. The van der Waals surface area contributed by atoms with Gasteiger partial charge in [0.05, 0.1) is 5.56 Å². The van der Waals surface area contributed by atoms with Crippen LogP contribution in [0.25, 0.3) is 0 Å². The second-order valence-electron chi connectivity index (χ2n) is 4.06. The lowest BCUT2D eigenvalue weighted by Gasteiger charge is -2.09. The molecule has 104 valence electrons. The fourth-order valence-corrected chi connectivity index (χ4v) is 4.00. The summed E-state index contributed by atoms with van der Waals surface area (Å²) in [6.45, 7) is 0.386. The van der Waals surface area contributed by atoms with Crippen LogP contribution < -0.4 is 5.32 Å². The topological polar surface area (TPSA) is 29.1 Å². The number of hydrogen-bond donors (Lipinski definition) is 1. The molecule has 0 spiro atoms. The molecule has 0 atom stereocenters. The molecule has 0 heterocycles. The first-order chi connectivity index (χ1) is 9.47. The maximum absolute atomic E-state index is 12.8. The van der Waals surface area contributed by atoms with Gasteiger partial charge in [-0.1, -0.05) is 12.1 Å². The lowest BCUT2D eigenvalue weighted by molar-refractivity contribution is 0.0950. The summed E-state index contributed by atoms with van der Waals surface area (Å²) in [7, 11) is 0. The molecule has 1 N–H and O–H groups in total. The summed E-state index contributed by atoms with van der Waals surface area (Å²) >= 11 is 6.59. The zero-order chi connectivity index (χ0) is 14.7. The highest BCUT2D eigenvalue weighted by atomic mass is 127. The lowest BCUT2D eigenvalue weighted by Crippen LogP contribution is -2.24. The van der Waals surface area contributed by atoms with Crippen molar-refractivity contribution in [3.8, 4) is 0 Å². The first kappa shape index (κ1) is 16.4. The van der Waals surface area contributed by atoms with Crippen molar-refractivity contribution < 1.29 is 9.18 Å². The highest BCUT2D eigenvalue weighted by Crippen LogP contribution is 2.22. The van der Waals surface area contributed by atoms with E-state index < -0.39 is 0 Å². The fraction of sp³-hybridized carbons (Fsp3) is 0.0714. The number of carbonyl (C=O) groups excluding carboxylic acids is 1. The zero-order valence-corrected chi connectivity index (χ0v) is 16.6. The average molecular weight is 607 g/mol. The van der Waals surface area contributed by atoms with Gasteiger partial charge in [-0.05, 0) is 97.6 Å². The van der Waals surface area contributed by atoms with Crippen molar-refractivity contribution >= 4 is 73.7 Å². The van der Waals surface area contributed by atoms with Crippen LogP contribution in [0.5, 0.6) is 0 Å². The molecule has 6 heteroatoms. The van der Waals surface area contributed by atoms with Crippen molar-refractivity contribution in [2.24, 2.45) is 0 Å². The number of halogens is 4. The van der Waals surface area contributed by atoms with Crippen LogP contribution in [0.3, 0.4) is 0 Å². The first-order valence-electron chi connectivity index (χ1n) is 5.64. The van der Waals surface area contributed by atoms with E-state index in [0.29, 0.717) is 12.1 Å². The summed E-state index contributed by atoms with van der Waals surface area (Å²) in [4.78, 5) is 12.2. The first-order valence-corrected chi connectivity index (χ1v) is 8.88. The van der Waals surface area contributed by atoms with Crippen LogP contribution >= 0.6 is 67.8 Å². The Morgan fingerprint density at radius 2 is 1.75 bits per heavy atom. The molecule has 0 saturated carbocycles. The van der Waals surface area contributed by atoms with E-state index >= 15 is 0 Å². The number of benzene rings is 2. The minimum Gasteiger partial charge on any atom is -0.348 e. The lowest BCUT2D eigenvalue weighted by atomic mass is 10.2. The fourth-order valence-electron chi connectivity index (χ4n) is 1.60. The molecule has 0 aliphatic rings. The summed E-state index contributed by atoms with van der Waals surface area (Å²) in [5, 5.41) is 2.86. The van der Waals surface area contributed by atoms with Crippen molar-refractivity contribution in [3.05, 3.63) is 64.1 Å². The molecule has 2 aromatic carbocycles. The Hall–Kier alpha value is 0.0300. The van der Waals surface area contributed by atoms with Gasteiger partial charge in [0.2, 0.25) is 0 Å². The number of nitrogens with one attached hydrogen (secondary N) is 1. The van der Waals surface area contributed by atoms with E-state index in [0.717, 1.165) is 16.3 Å². The standard InChI is InChI=1S/C14H9FI3NO/c15-9-3-1-8(2-4-9)7-19-14(20)11-5-10(16)6-12(17)13(11)18/h1-6H,7H2,(H,19,20). The number of rotatable bonds is 3. The quantitative estimate of drug-likeness (QED) is 0.403. The molecular formula is C14H9FI3NO. The van der Waals surface area contributed by atoms with Crippen LogP contribution in [-0.2, 0) is 6.54 Å². The van der Waals surface area contributed by atoms with Crippen molar-refractivity contribution in [1.82, 2.24) is 5.32 Å². The molecule has 0 unspecified atom stereocenters. The summed E-state index contributed by atoms with van der Waals surface area (Å²) in [5.74, 6) is -0.392. The van der Waals surface area contributed by atoms with Gasteiger partial charge in [0.1, 0.15) is 5.82 Å². The molecule has 0 aliphatic heterocycles. The van der Waals surface area contributed by atoms with E-state index in [1.54, 1.807) is 12.1 Å². The van der Waals surface area contributed by atoms with Crippen LogP contribution in [0.15, 0.2) is 36.4 Å². The predicted octanol–water partition coefficient (Wildman–Crippen LogP) is 4.57. The van der Waals surface area contributed by atoms with Crippen molar-refractivity contribution in [2.45, 2.75) is 6.54 Å². The SMILES string of the molecule is O=C(NCc1ccc(F)cc1)c1cc(I)cc(I)c1I. The number of carbonyl (C=O) groups is 1. The summed E-state index contributed by atoms with van der Waals surface area (Å²) < 4.78 is 15.8. The largest absolute Gasteiger partial charge is 0.348 e. The van der Waals surface area contributed by atoms with Crippen LogP contribution in [0, 0.1) is 16.5 Å². The second-order valence-corrected chi connectivity index (χ2v) is 7.54. The van der Waals surface area contributed by atoms with Gasteiger partial charge >= 0.3 is 0 Å². The van der Waals surface area contributed by atoms with Crippen molar-refractivity contribution in [1.29, 1.82) is 0 Å². The van der Waals surface area contributed by atoms with E-state index in [-0.39, 0.29) is 11.7 Å². The Kier molecular flexibility index (Phi) is 6.02. The Morgan fingerprint density at radius 1 is 1.10 bits per heavy atom. The minimum absolute atomic E-state index is 0.116. The Bertz CT molecular complexity index is 644. The van der Waals surface area contributed by atoms with E-state index in [4.69, 9.17) is 0 Å². The molecule has 0 fully saturated rings. The monoisotopic (exact) mass is 607 g/mol. The number of hydrogen-bond acceptors (Lipinski definition) is 1. The van der Waals surface area contributed by atoms with Crippen molar-refractivity contribution in [2.75, 3.05) is 0 Å². The third-order valence-corrected chi connectivity index (χ3v) is 6.27. The third-order valence-electron chi connectivity index (χ3n) is 2.60. The molecule has 2 rings (SSSR count). The van der Waals surface area contributed by atoms with Crippen LogP contribution in [0.1, 0.15) is 15.9 Å². The highest BCUT2D eigenvalue weighted by molar-refractivity contribution is 14.1. The van der Waals surface area contributed by atoms with Gasteiger partial charge in [-0.25, -0.2) is 4.39 Å². The smallest absolute Gasteiger partial charge is 0.252 e. The summed E-state index contributed by atoms with van der Waals surface area (Å²) in [6.07, 6.45) is 0. The molecule has 0 bridgehead atoms. The van der Waals surface area contributed by atoms with E-state index in [1.165, 1.54) is 12.1 Å². The third kappa shape index (κ3) is 4.26. The molecule has 20 heavy (non-hydrogen) atoms. The van der Waals surface area contributed by atoms with E-state index in [1.807, 2.05) is 12.1 Å². The molecule has 1 amide bonds. The van der Waals surface area contributed by atoms with Gasteiger partial charge in [-0.3, -0.25) is 4.79 Å². The average Bonchev–Trinajstić information content (AvgIpc) is 2.42. The minimum atomic E-state index is -0.276. The molecule has 2 aromatic rings. The van der Waals surface area contributed by atoms with Gasteiger partial charge in [-0.2, -0.15) is 0 Å². The summed E-state index contributed by atoms with van der Waals surface area (Å²) in [6, 6.07) is 10.0. The molecule has 0 aliphatic carbocycles. The van der Waals surface area contributed by atoms with E-state index in [2.05, 4.69) is 73.1 Å². The van der Waals surface area contributed by atoms with Crippen molar-refractivity contribution in [3.63, 3.8) is 0 Å². The Morgan fingerprint density at radius 3 is 2.40 bits per heavy atom. The highest BCUT2D eigenvalue weighted by Gasteiger charge is 2.13. The predicted molar refractivity (Wildman–Crippen MR) is 102 cm³/mol. The Labute approximate surface area is 157 Å².